The molecule has 0 aromatic carbocycles. The molecule has 1 saturated carbocycles. The summed E-state index contributed by atoms with van der Waals surface area (Å²) >= 11 is 0. The van der Waals surface area contributed by atoms with Crippen LogP contribution in [0.15, 0.2) is 23.3 Å². The quantitative estimate of drug-likeness (QED) is 0.565. The van der Waals surface area contributed by atoms with Crippen LogP contribution in [0.5, 0.6) is 0 Å². The molecule has 6 unspecified atom stereocenters. The van der Waals surface area contributed by atoms with E-state index in [0.717, 1.165) is 47.3 Å². The average Bonchev–Trinajstić information content (AvgIpc) is 2.38. The molecule has 0 heterocycles. The molecule has 0 amide bonds. The van der Waals surface area contributed by atoms with E-state index in [9.17, 15) is 0 Å². The van der Waals surface area contributed by atoms with Gasteiger partial charge in [0.1, 0.15) is 0 Å². The van der Waals surface area contributed by atoms with Gasteiger partial charge in [-0.25, -0.2) is 0 Å². The topological polar surface area (TPSA) is 0 Å². The number of fused-ring (bicyclic) bond motifs is 1. The summed E-state index contributed by atoms with van der Waals surface area (Å²) in [4.78, 5) is 0. The molecule has 4 rings (SSSR count). The fourth-order valence-electron chi connectivity index (χ4n) is 5.74. The first-order valence-corrected chi connectivity index (χ1v) is 8.76. The van der Waals surface area contributed by atoms with Crippen molar-refractivity contribution in [3.63, 3.8) is 0 Å². The maximum Gasteiger partial charge on any atom is -0.0103 e. The molecule has 0 saturated heterocycles. The summed E-state index contributed by atoms with van der Waals surface area (Å²) in [7, 11) is 0. The van der Waals surface area contributed by atoms with E-state index in [-0.39, 0.29) is 0 Å². The smallest absolute Gasteiger partial charge is 0.0103 e. The monoisotopic (exact) mass is 272 g/mol. The first-order chi connectivity index (χ1) is 9.41. The zero-order valence-corrected chi connectivity index (χ0v) is 14.2. The third kappa shape index (κ3) is 2.02. The van der Waals surface area contributed by atoms with Gasteiger partial charge in [0.25, 0.3) is 0 Å². The normalized spacial score (nSPS) is 43.6. The van der Waals surface area contributed by atoms with E-state index in [1.54, 1.807) is 11.1 Å². The van der Waals surface area contributed by atoms with Crippen molar-refractivity contribution >= 4 is 0 Å². The SMILES string of the molecule is CC1=CC2C(C(C)C)CC1C1C(C(C)C)CC=C(C)C21. The maximum absolute atomic E-state index is 2.67. The van der Waals surface area contributed by atoms with Gasteiger partial charge in [0.05, 0.1) is 0 Å². The van der Waals surface area contributed by atoms with E-state index in [2.05, 4.69) is 53.7 Å². The molecule has 4 aliphatic rings. The van der Waals surface area contributed by atoms with E-state index in [0.29, 0.717) is 0 Å². The molecule has 0 aliphatic heterocycles. The van der Waals surface area contributed by atoms with Gasteiger partial charge in [0, 0.05) is 0 Å². The molecule has 0 aromatic rings. The summed E-state index contributed by atoms with van der Waals surface area (Å²) in [6.45, 7) is 14.6. The Hall–Kier alpha value is -0.520. The highest BCUT2D eigenvalue weighted by Gasteiger charge is 2.52. The van der Waals surface area contributed by atoms with Crippen molar-refractivity contribution in [1.29, 1.82) is 0 Å². The lowest BCUT2D eigenvalue weighted by atomic mass is 9.47. The van der Waals surface area contributed by atoms with Crippen molar-refractivity contribution in [2.45, 2.75) is 54.4 Å². The Balaban J connectivity index is 2.02. The predicted octanol–water partition coefficient (Wildman–Crippen LogP) is 5.71. The highest BCUT2D eigenvalue weighted by Crippen LogP contribution is 2.60. The summed E-state index contributed by atoms with van der Waals surface area (Å²) in [6.07, 6.45) is 8.03. The highest BCUT2D eigenvalue weighted by atomic mass is 14.6. The van der Waals surface area contributed by atoms with Crippen LogP contribution in [0.25, 0.3) is 0 Å². The highest BCUT2D eigenvalue weighted by molar-refractivity contribution is 5.28. The van der Waals surface area contributed by atoms with Crippen molar-refractivity contribution in [2.24, 2.45) is 47.3 Å². The van der Waals surface area contributed by atoms with E-state index >= 15 is 0 Å². The average molecular weight is 272 g/mol. The molecular weight excluding hydrogens is 240 g/mol. The molecule has 1 fully saturated rings. The first kappa shape index (κ1) is 14.4. The molecule has 0 nitrogen and oxygen atoms in total. The van der Waals surface area contributed by atoms with Gasteiger partial charge in [0.15, 0.2) is 0 Å². The summed E-state index contributed by atoms with van der Waals surface area (Å²) < 4.78 is 0. The van der Waals surface area contributed by atoms with Gasteiger partial charge in [-0.3, -0.25) is 0 Å². The Morgan fingerprint density at radius 1 is 0.950 bits per heavy atom. The Kier molecular flexibility index (Phi) is 3.63. The third-order valence-electron chi connectivity index (χ3n) is 6.80. The van der Waals surface area contributed by atoms with Gasteiger partial charge in [0.2, 0.25) is 0 Å². The number of hydrogen-bond acceptors (Lipinski definition) is 0. The summed E-state index contributed by atoms with van der Waals surface area (Å²) in [5.41, 5.74) is 3.42. The van der Waals surface area contributed by atoms with E-state index < -0.39 is 0 Å². The van der Waals surface area contributed by atoms with Gasteiger partial charge in [-0.1, -0.05) is 51.0 Å². The zero-order valence-electron chi connectivity index (χ0n) is 14.2. The van der Waals surface area contributed by atoms with Crippen LogP contribution in [0.3, 0.4) is 0 Å². The molecular formula is C20H32. The van der Waals surface area contributed by atoms with Crippen LogP contribution < -0.4 is 0 Å². The lowest BCUT2D eigenvalue weighted by molar-refractivity contribution is 0.00133. The lowest BCUT2D eigenvalue weighted by Gasteiger charge is -2.57. The maximum atomic E-state index is 2.67. The number of allylic oxidation sites excluding steroid dienone is 4. The van der Waals surface area contributed by atoms with E-state index in [1.165, 1.54) is 12.8 Å². The predicted molar refractivity (Wildman–Crippen MR) is 87.4 cm³/mol. The van der Waals surface area contributed by atoms with Crippen molar-refractivity contribution < 1.29 is 0 Å². The Morgan fingerprint density at radius 2 is 1.60 bits per heavy atom. The fourth-order valence-corrected chi connectivity index (χ4v) is 5.74. The summed E-state index contributed by atoms with van der Waals surface area (Å²) in [5.74, 6) is 6.97. The summed E-state index contributed by atoms with van der Waals surface area (Å²) in [5, 5.41) is 0. The van der Waals surface area contributed by atoms with Crippen LogP contribution in [0.2, 0.25) is 0 Å². The van der Waals surface area contributed by atoms with E-state index in [4.69, 9.17) is 0 Å². The molecule has 2 bridgehead atoms. The van der Waals surface area contributed by atoms with Crippen LogP contribution in [0.1, 0.15) is 54.4 Å². The lowest BCUT2D eigenvalue weighted by Crippen LogP contribution is -2.50. The van der Waals surface area contributed by atoms with Crippen molar-refractivity contribution in [3.8, 4) is 0 Å². The second kappa shape index (κ2) is 5.04. The third-order valence-corrected chi connectivity index (χ3v) is 6.80. The van der Waals surface area contributed by atoms with Gasteiger partial charge >= 0.3 is 0 Å². The minimum absolute atomic E-state index is 0.822. The van der Waals surface area contributed by atoms with Gasteiger partial charge < -0.3 is 0 Å². The Labute approximate surface area is 125 Å². The van der Waals surface area contributed by atoms with Crippen LogP contribution in [0, 0.1) is 47.3 Å². The first-order valence-electron chi connectivity index (χ1n) is 8.76. The van der Waals surface area contributed by atoms with Gasteiger partial charge in [-0.15, -0.1) is 0 Å². The Morgan fingerprint density at radius 3 is 2.20 bits per heavy atom. The molecule has 0 spiro atoms. The largest absolute Gasteiger partial charge is 0.0850 e. The van der Waals surface area contributed by atoms with Crippen molar-refractivity contribution in [1.82, 2.24) is 0 Å². The van der Waals surface area contributed by atoms with Crippen molar-refractivity contribution in [3.05, 3.63) is 23.3 Å². The van der Waals surface area contributed by atoms with Gasteiger partial charge in [-0.2, -0.15) is 0 Å². The number of hydrogen-bond donors (Lipinski definition) is 0. The van der Waals surface area contributed by atoms with Crippen LogP contribution in [-0.2, 0) is 0 Å². The molecule has 0 N–H and O–H groups in total. The molecule has 6 atom stereocenters. The van der Waals surface area contributed by atoms with Crippen LogP contribution in [0.4, 0.5) is 0 Å². The Bertz CT molecular complexity index is 437. The minimum Gasteiger partial charge on any atom is -0.0850 e. The van der Waals surface area contributed by atoms with Gasteiger partial charge in [-0.05, 0) is 74.0 Å². The minimum atomic E-state index is 0.822. The van der Waals surface area contributed by atoms with Crippen LogP contribution in [-0.4, -0.2) is 0 Å². The molecule has 112 valence electrons. The van der Waals surface area contributed by atoms with Crippen LogP contribution >= 0.6 is 0 Å². The zero-order chi connectivity index (χ0) is 14.6. The van der Waals surface area contributed by atoms with Crippen molar-refractivity contribution in [2.75, 3.05) is 0 Å². The molecule has 0 radical (unpaired) electrons. The number of rotatable bonds is 2. The summed E-state index contributed by atoms with van der Waals surface area (Å²) in [6, 6.07) is 0. The fraction of sp³-hybridized carbons (Fsp3) is 0.800. The molecule has 4 aliphatic carbocycles. The second-order valence-electron chi connectivity index (χ2n) is 8.43. The van der Waals surface area contributed by atoms with E-state index in [1.807, 2.05) is 0 Å². The molecule has 0 aromatic heterocycles. The molecule has 20 heavy (non-hydrogen) atoms. The molecule has 0 heteroatoms. The standard InChI is InChI=1S/C20H32/c1-11(2)15-8-7-13(5)19-18-9-14(6)17(20(15)19)10-16(18)12(3)4/h7,9,11-12,15-20H,8,10H2,1-6H3. The second-order valence-corrected chi connectivity index (χ2v) is 8.43.